The molecule has 0 saturated carbocycles. The maximum atomic E-state index is 10.3. The predicted molar refractivity (Wildman–Crippen MR) is 87.5 cm³/mol. The molecule has 0 amide bonds. The maximum absolute atomic E-state index is 10.3. The number of imidazole rings is 1. The van der Waals surface area contributed by atoms with Gasteiger partial charge in [0.2, 0.25) is 0 Å². The van der Waals surface area contributed by atoms with Gasteiger partial charge in [-0.15, -0.1) is 0 Å². The minimum absolute atomic E-state index is 0.0306. The minimum Gasteiger partial charge on any atom is -0.390 e. The number of hydrogen-bond acceptors (Lipinski definition) is 4. The molecule has 118 valence electrons. The van der Waals surface area contributed by atoms with Gasteiger partial charge in [-0.1, -0.05) is 0 Å². The van der Waals surface area contributed by atoms with Crippen molar-refractivity contribution in [2.24, 2.45) is 5.92 Å². The van der Waals surface area contributed by atoms with Crippen LogP contribution in [0.1, 0.15) is 18.1 Å². The molecule has 0 radical (unpaired) electrons. The number of nitrogens with zero attached hydrogens (tertiary/aromatic N) is 4. The second-order valence-electron chi connectivity index (χ2n) is 6.23. The lowest BCUT2D eigenvalue weighted by molar-refractivity contribution is 0.108. The van der Waals surface area contributed by atoms with Crippen molar-refractivity contribution in [3.8, 4) is 6.07 Å². The number of aliphatic hydroxyl groups excluding tert-OH is 1. The summed E-state index contributed by atoms with van der Waals surface area (Å²) in [6, 6.07) is 6.41. The lowest BCUT2D eigenvalue weighted by Crippen LogP contribution is -2.34. The van der Waals surface area contributed by atoms with Crippen LogP contribution < -0.4 is 0 Å². The molecule has 1 aromatic heterocycles. The molecular formula is C17H24N4O. The number of aromatic nitrogens is 2. The third-order valence-corrected chi connectivity index (χ3v) is 3.97. The number of likely N-dealkylation sites (N-methyl/N-ethyl adjacent to an activating group) is 1. The zero-order valence-corrected chi connectivity index (χ0v) is 13.7. The van der Waals surface area contributed by atoms with Gasteiger partial charge in [0.05, 0.1) is 42.0 Å². The van der Waals surface area contributed by atoms with E-state index in [1.165, 1.54) is 11.1 Å². The number of aryl methyl sites for hydroxylation is 2. The highest BCUT2D eigenvalue weighted by atomic mass is 16.3. The molecular weight excluding hydrogens is 276 g/mol. The molecule has 1 aromatic carbocycles. The summed E-state index contributed by atoms with van der Waals surface area (Å²) in [6.07, 6.45) is 1.29. The summed E-state index contributed by atoms with van der Waals surface area (Å²) < 4.78 is 1.99. The third-order valence-electron chi connectivity index (χ3n) is 3.97. The topological polar surface area (TPSA) is 65.1 Å². The summed E-state index contributed by atoms with van der Waals surface area (Å²) >= 11 is 0. The molecule has 0 bridgehead atoms. The van der Waals surface area contributed by atoms with Gasteiger partial charge >= 0.3 is 0 Å². The molecule has 0 aliphatic heterocycles. The van der Waals surface area contributed by atoms with Gasteiger partial charge in [0.15, 0.2) is 0 Å². The van der Waals surface area contributed by atoms with Crippen LogP contribution in [0.15, 0.2) is 18.5 Å². The van der Waals surface area contributed by atoms with Gasteiger partial charge in [0.25, 0.3) is 0 Å². The molecule has 2 rings (SSSR count). The fraction of sp³-hybridized carbons (Fsp3) is 0.529. The van der Waals surface area contributed by atoms with Gasteiger partial charge in [-0.05, 0) is 51.1 Å². The lowest BCUT2D eigenvalue weighted by atomic mass is 10.1. The Balaban J connectivity index is 2.04. The second kappa shape index (κ2) is 6.91. The fourth-order valence-corrected chi connectivity index (χ4v) is 2.69. The molecule has 2 atom stereocenters. The van der Waals surface area contributed by atoms with Gasteiger partial charge in [-0.2, -0.15) is 5.26 Å². The Hall–Kier alpha value is -1.90. The largest absolute Gasteiger partial charge is 0.390 e. The number of fused-ring (bicyclic) bond motifs is 1. The van der Waals surface area contributed by atoms with Crippen molar-refractivity contribution < 1.29 is 5.11 Å². The summed E-state index contributed by atoms with van der Waals surface area (Å²) in [4.78, 5) is 6.40. The predicted octanol–water partition coefficient (Wildman–Crippen LogP) is 2.11. The molecule has 1 N–H and O–H groups in total. The van der Waals surface area contributed by atoms with E-state index < -0.39 is 6.10 Å². The Morgan fingerprint density at radius 1 is 1.32 bits per heavy atom. The van der Waals surface area contributed by atoms with Crippen molar-refractivity contribution in [3.63, 3.8) is 0 Å². The van der Waals surface area contributed by atoms with Gasteiger partial charge < -0.3 is 14.6 Å². The van der Waals surface area contributed by atoms with Crippen LogP contribution in [-0.4, -0.2) is 45.8 Å². The highest BCUT2D eigenvalue weighted by Crippen LogP contribution is 2.18. The standard InChI is InChI=1S/C17H24N4O/c1-12(7-18)8-20(4)9-15(22)10-21-11-19-16-5-13(2)14(3)6-17(16)21/h5-6,11-12,15,22H,8-10H2,1-4H3/t12-,15+/m1/s1. The van der Waals surface area contributed by atoms with Crippen LogP contribution in [0, 0.1) is 31.1 Å². The highest BCUT2D eigenvalue weighted by molar-refractivity contribution is 5.77. The molecule has 0 saturated heterocycles. The number of nitriles is 1. The monoisotopic (exact) mass is 300 g/mol. The molecule has 0 aliphatic carbocycles. The van der Waals surface area contributed by atoms with Crippen molar-refractivity contribution in [1.82, 2.24) is 14.5 Å². The Morgan fingerprint density at radius 3 is 2.68 bits per heavy atom. The van der Waals surface area contributed by atoms with Crippen molar-refractivity contribution in [2.75, 3.05) is 20.1 Å². The van der Waals surface area contributed by atoms with Gasteiger partial charge in [0.1, 0.15) is 0 Å². The smallest absolute Gasteiger partial charge is 0.0959 e. The Bertz CT molecular complexity index is 686. The molecule has 0 fully saturated rings. The molecule has 1 heterocycles. The van der Waals surface area contributed by atoms with Crippen molar-refractivity contribution in [2.45, 2.75) is 33.4 Å². The van der Waals surface area contributed by atoms with E-state index in [1.54, 1.807) is 6.33 Å². The summed E-state index contributed by atoms with van der Waals surface area (Å²) in [5, 5.41) is 19.1. The van der Waals surface area contributed by atoms with E-state index in [0.717, 1.165) is 11.0 Å². The van der Waals surface area contributed by atoms with Crippen molar-refractivity contribution >= 4 is 11.0 Å². The van der Waals surface area contributed by atoms with Crippen LogP contribution in [0.5, 0.6) is 0 Å². The van der Waals surface area contributed by atoms with E-state index in [-0.39, 0.29) is 5.92 Å². The van der Waals surface area contributed by atoms with Crippen molar-refractivity contribution in [1.29, 1.82) is 5.26 Å². The first-order valence-corrected chi connectivity index (χ1v) is 7.59. The Kier molecular flexibility index (Phi) is 5.17. The highest BCUT2D eigenvalue weighted by Gasteiger charge is 2.13. The Labute approximate surface area is 131 Å². The molecule has 5 nitrogen and oxygen atoms in total. The third kappa shape index (κ3) is 3.85. The van der Waals surface area contributed by atoms with Crippen LogP contribution in [0.25, 0.3) is 11.0 Å². The molecule has 2 aromatic rings. The second-order valence-corrected chi connectivity index (χ2v) is 6.23. The van der Waals surface area contributed by atoms with E-state index in [4.69, 9.17) is 5.26 Å². The first kappa shape index (κ1) is 16.5. The fourth-order valence-electron chi connectivity index (χ4n) is 2.69. The normalized spacial score (nSPS) is 14.2. The van der Waals surface area contributed by atoms with E-state index in [2.05, 4.69) is 37.0 Å². The zero-order valence-electron chi connectivity index (χ0n) is 13.7. The van der Waals surface area contributed by atoms with Crippen LogP contribution in [0.4, 0.5) is 0 Å². The van der Waals surface area contributed by atoms with Crippen LogP contribution in [0.3, 0.4) is 0 Å². The summed E-state index contributed by atoms with van der Waals surface area (Å²) in [5.41, 5.74) is 4.46. The maximum Gasteiger partial charge on any atom is 0.0959 e. The molecule has 0 unspecified atom stereocenters. The first-order chi connectivity index (χ1) is 10.4. The molecule has 22 heavy (non-hydrogen) atoms. The zero-order chi connectivity index (χ0) is 16.3. The Morgan fingerprint density at radius 2 is 2.00 bits per heavy atom. The number of aliphatic hydroxyl groups is 1. The molecule has 5 heteroatoms. The van der Waals surface area contributed by atoms with Crippen LogP contribution in [0.2, 0.25) is 0 Å². The first-order valence-electron chi connectivity index (χ1n) is 7.59. The summed E-state index contributed by atoms with van der Waals surface area (Å²) in [5.74, 6) is -0.0306. The number of rotatable bonds is 6. The number of benzene rings is 1. The minimum atomic E-state index is -0.491. The van der Waals surface area contributed by atoms with E-state index >= 15 is 0 Å². The quantitative estimate of drug-likeness (QED) is 0.887. The molecule has 0 spiro atoms. The average Bonchev–Trinajstić information content (AvgIpc) is 2.81. The van der Waals surface area contributed by atoms with E-state index in [0.29, 0.717) is 19.6 Å². The summed E-state index contributed by atoms with van der Waals surface area (Å²) in [6.45, 7) is 7.75. The van der Waals surface area contributed by atoms with Gasteiger partial charge in [-0.3, -0.25) is 0 Å². The lowest BCUT2D eigenvalue weighted by Gasteiger charge is -2.21. The average molecular weight is 300 g/mol. The van der Waals surface area contributed by atoms with E-state index in [1.807, 2.05) is 23.4 Å². The van der Waals surface area contributed by atoms with Gasteiger partial charge in [-0.25, -0.2) is 4.98 Å². The summed E-state index contributed by atoms with van der Waals surface area (Å²) in [7, 11) is 1.93. The van der Waals surface area contributed by atoms with E-state index in [9.17, 15) is 5.11 Å². The van der Waals surface area contributed by atoms with Crippen molar-refractivity contribution in [3.05, 3.63) is 29.6 Å². The SMILES string of the molecule is Cc1cc2ncn(C[C@@H](O)CN(C)C[C@H](C)C#N)c2cc1C. The number of hydrogen-bond donors (Lipinski definition) is 1. The van der Waals surface area contributed by atoms with Gasteiger partial charge in [0, 0.05) is 13.1 Å². The van der Waals surface area contributed by atoms with Crippen LogP contribution >= 0.6 is 0 Å². The molecule has 0 aliphatic rings. The van der Waals surface area contributed by atoms with Crippen LogP contribution in [-0.2, 0) is 6.54 Å².